The molecule has 1 heteroatoms. The normalized spacial score (nSPS) is 25.1. The van der Waals surface area contributed by atoms with E-state index >= 15 is 0 Å². The quantitative estimate of drug-likeness (QED) is 0.790. The lowest BCUT2D eigenvalue weighted by Crippen LogP contribution is -2.09. The Morgan fingerprint density at radius 2 is 1.58 bits per heavy atom. The van der Waals surface area contributed by atoms with Crippen LogP contribution in [-0.4, -0.2) is 14.1 Å². The largest absolute Gasteiger partial charge is 0.378 e. The Balaban J connectivity index is 1.84. The van der Waals surface area contributed by atoms with Crippen molar-refractivity contribution in [3.05, 3.63) is 65.7 Å². The Morgan fingerprint density at radius 1 is 0.947 bits per heavy atom. The number of rotatable bonds is 3. The Kier molecular flexibility index (Phi) is 2.85. The van der Waals surface area contributed by atoms with Gasteiger partial charge in [-0.3, -0.25) is 0 Å². The van der Waals surface area contributed by atoms with Crippen molar-refractivity contribution >= 4 is 5.69 Å². The summed E-state index contributed by atoms with van der Waals surface area (Å²) in [7, 11) is 4.17. The standard InChI is InChI=1S/C18H21N/c1-18(13-17(18)14-7-5-4-6-8-14)15-9-11-16(12-10-15)19(2)3/h4-12,17H,13H2,1-3H3. The van der Waals surface area contributed by atoms with E-state index in [9.17, 15) is 0 Å². The molecule has 1 fully saturated rings. The average Bonchev–Trinajstić information content (AvgIpc) is 3.14. The summed E-state index contributed by atoms with van der Waals surface area (Å²) in [5, 5.41) is 0. The van der Waals surface area contributed by atoms with Gasteiger partial charge in [-0.15, -0.1) is 0 Å². The van der Waals surface area contributed by atoms with E-state index in [1.807, 2.05) is 0 Å². The molecule has 0 aromatic heterocycles. The molecule has 1 aliphatic rings. The summed E-state index contributed by atoms with van der Waals surface area (Å²) in [6.45, 7) is 2.38. The predicted molar refractivity (Wildman–Crippen MR) is 81.9 cm³/mol. The van der Waals surface area contributed by atoms with E-state index in [0.29, 0.717) is 11.3 Å². The summed E-state index contributed by atoms with van der Waals surface area (Å²) < 4.78 is 0. The topological polar surface area (TPSA) is 3.24 Å². The van der Waals surface area contributed by atoms with Crippen molar-refractivity contribution in [2.45, 2.75) is 24.7 Å². The summed E-state index contributed by atoms with van der Waals surface area (Å²) in [6.07, 6.45) is 1.26. The molecule has 0 N–H and O–H groups in total. The van der Waals surface area contributed by atoms with Crippen molar-refractivity contribution in [2.24, 2.45) is 0 Å². The molecule has 2 aromatic rings. The van der Waals surface area contributed by atoms with Crippen molar-refractivity contribution in [3.63, 3.8) is 0 Å². The van der Waals surface area contributed by atoms with E-state index in [1.165, 1.54) is 23.2 Å². The lowest BCUT2D eigenvalue weighted by molar-refractivity contribution is 0.748. The van der Waals surface area contributed by atoms with Crippen LogP contribution >= 0.6 is 0 Å². The van der Waals surface area contributed by atoms with Crippen LogP contribution < -0.4 is 4.90 Å². The summed E-state index contributed by atoms with van der Waals surface area (Å²) in [6, 6.07) is 19.9. The van der Waals surface area contributed by atoms with Crippen LogP contribution in [0.4, 0.5) is 5.69 Å². The third kappa shape index (κ3) is 2.14. The molecular formula is C18H21N. The van der Waals surface area contributed by atoms with Crippen LogP contribution in [-0.2, 0) is 5.41 Å². The van der Waals surface area contributed by atoms with Gasteiger partial charge in [0.25, 0.3) is 0 Å². The molecule has 0 bridgehead atoms. The lowest BCUT2D eigenvalue weighted by atomic mass is 9.92. The number of hydrogen-bond acceptors (Lipinski definition) is 1. The fraction of sp³-hybridized carbons (Fsp3) is 0.333. The number of nitrogens with zero attached hydrogens (tertiary/aromatic N) is 1. The highest BCUT2D eigenvalue weighted by Gasteiger charge is 2.51. The molecule has 0 saturated heterocycles. The van der Waals surface area contributed by atoms with Crippen molar-refractivity contribution in [2.75, 3.05) is 19.0 Å². The second kappa shape index (κ2) is 4.41. The van der Waals surface area contributed by atoms with Gasteiger partial charge in [0, 0.05) is 19.8 Å². The average molecular weight is 251 g/mol. The van der Waals surface area contributed by atoms with Crippen LogP contribution in [0.15, 0.2) is 54.6 Å². The number of hydrogen-bond donors (Lipinski definition) is 0. The number of benzene rings is 2. The van der Waals surface area contributed by atoms with E-state index in [0.717, 1.165) is 0 Å². The van der Waals surface area contributed by atoms with E-state index in [4.69, 9.17) is 0 Å². The molecule has 98 valence electrons. The molecule has 19 heavy (non-hydrogen) atoms. The Bertz CT molecular complexity index is 556. The summed E-state index contributed by atoms with van der Waals surface area (Å²) in [5.41, 5.74) is 4.53. The zero-order valence-electron chi connectivity index (χ0n) is 11.9. The molecule has 0 amide bonds. The summed E-state index contributed by atoms with van der Waals surface area (Å²) >= 11 is 0. The van der Waals surface area contributed by atoms with Crippen LogP contribution in [0.2, 0.25) is 0 Å². The van der Waals surface area contributed by atoms with Gasteiger partial charge in [0.15, 0.2) is 0 Å². The fourth-order valence-electron chi connectivity index (χ4n) is 3.00. The van der Waals surface area contributed by atoms with Gasteiger partial charge in [-0.2, -0.15) is 0 Å². The van der Waals surface area contributed by atoms with Crippen molar-refractivity contribution < 1.29 is 0 Å². The maximum atomic E-state index is 2.38. The maximum Gasteiger partial charge on any atom is 0.0361 e. The van der Waals surface area contributed by atoms with Crippen LogP contribution in [0.5, 0.6) is 0 Å². The van der Waals surface area contributed by atoms with Crippen LogP contribution in [0.3, 0.4) is 0 Å². The minimum absolute atomic E-state index is 0.326. The van der Waals surface area contributed by atoms with Gasteiger partial charge < -0.3 is 4.90 Å². The van der Waals surface area contributed by atoms with Crippen LogP contribution in [0, 0.1) is 0 Å². The van der Waals surface area contributed by atoms with Gasteiger partial charge in [-0.1, -0.05) is 49.4 Å². The SMILES string of the molecule is CN(C)c1ccc(C2(C)CC2c2ccccc2)cc1. The van der Waals surface area contributed by atoms with E-state index in [2.05, 4.69) is 80.5 Å². The van der Waals surface area contributed by atoms with Gasteiger partial charge in [0.2, 0.25) is 0 Å². The van der Waals surface area contributed by atoms with Crippen molar-refractivity contribution in [3.8, 4) is 0 Å². The van der Waals surface area contributed by atoms with Crippen LogP contribution in [0.1, 0.15) is 30.4 Å². The van der Waals surface area contributed by atoms with Gasteiger partial charge in [-0.05, 0) is 41.0 Å². The highest BCUT2D eigenvalue weighted by Crippen LogP contribution is 2.60. The van der Waals surface area contributed by atoms with Gasteiger partial charge in [-0.25, -0.2) is 0 Å². The Hall–Kier alpha value is -1.76. The zero-order valence-corrected chi connectivity index (χ0v) is 11.9. The van der Waals surface area contributed by atoms with E-state index < -0.39 is 0 Å². The fourth-order valence-corrected chi connectivity index (χ4v) is 3.00. The first-order chi connectivity index (χ1) is 9.11. The molecule has 0 aliphatic heterocycles. The molecule has 3 rings (SSSR count). The molecule has 0 radical (unpaired) electrons. The highest BCUT2D eigenvalue weighted by atomic mass is 15.1. The third-order valence-corrected chi connectivity index (χ3v) is 4.48. The second-order valence-electron chi connectivity index (χ2n) is 6.03. The summed E-state index contributed by atoms with van der Waals surface area (Å²) in [4.78, 5) is 2.15. The molecule has 0 spiro atoms. The molecule has 2 aromatic carbocycles. The van der Waals surface area contributed by atoms with Gasteiger partial charge in [0.05, 0.1) is 0 Å². The molecule has 0 heterocycles. The molecule has 1 saturated carbocycles. The number of anilines is 1. The van der Waals surface area contributed by atoms with E-state index in [1.54, 1.807) is 0 Å². The minimum Gasteiger partial charge on any atom is -0.378 e. The van der Waals surface area contributed by atoms with E-state index in [-0.39, 0.29) is 0 Å². The lowest BCUT2D eigenvalue weighted by Gasteiger charge is -2.16. The van der Waals surface area contributed by atoms with Crippen molar-refractivity contribution in [1.29, 1.82) is 0 Å². The Morgan fingerprint density at radius 3 is 2.16 bits per heavy atom. The first-order valence-electron chi connectivity index (χ1n) is 6.94. The molecule has 2 atom stereocenters. The Labute approximate surface area is 115 Å². The summed E-state index contributed by atoms with van der Waals surface area (Å²) in [5.74, 6) is 0.680. The highest BCUT2D eigenvalue weighted by molar-refractivity contribution is 5.50. The van der Waals surface area contributed by atoms with Gasteiger partial charge in [0.1, 0.15) is 0 Å². The first kappa shape index (κ1) is 12.3. The second-order valence-corrected chi connectivity index (χ2v) is 6.03. The third-order valence-electron chi connectivity index (χ3n) is 4.48. The first-order valence-corrected chi connectivity index (χ1v) is 6.94. The van der Waals surface area contributed by atoms with Gasteiger partial charge >= 0.3 is 0 Å². The zero-order chi connectivity index (χ0) is 13.5. The molecular weight excluding hydrogens is 230 g/mol. The maximum absolute atomic E-state index is 2.38. The monoisotopic (exact) mass is 251 g/mol. The minimum atomic E-state index is 0.326. The molecule has 1 nitrogen and oxygen atoms in total. The molecule has 2 unspecified atom stereocenters. The smallest absolute Gasteiger partial charge is 0.0361 e. The molecule has 1 aliphatic carbocycles. The van der Waals surface area contributed by atoms with Crippen LogP contribution in [0.25, 0.3) is 0 Å². The van der Waals surface area contributed by atoms with Crippen molar-refractivity contribution in [1.82, 2.24) is 0 Å². The predicted octanol–water partition coefficient (Wildman–Crippen LogP) is 4.20.